The molecule has 1 aliphatic rings. The van der Waals surface area contributed by atoms with Gasteiger partial charge in [0.25, 0.3) is 0 Å². The van der Waals surface area contributed by atoms with E-state index in [9.17, 15) is 9.59 Å². The fourth-order valence-corrected chi connectivity index (χ4v) is 2.50. The molecule has 1 N–H and O–H groups in total. The van der Waals surface area contributed by atoms with E-state index in [4.69, 9.17) is 16.3 Å². The lowest BCUT2D eigenvalue weighted by Crippen LogP contribution is -2.37. The number of carbonyl (C=O) groups excluding carboxylic acids is 2. The van der Waals surface area contributed by atoms with Gasteiger partial charge in [0.2, 0.25) is 11.8 Å². The summed E-state index contributed by atoms with van der Waals surface area (Å²) in [6.45, 7) is 0.243. The van der Waals surface area contributed by atoms with Gasteiger partial charge in [-0.2, -0.15) is 0 Å². The molecule has 3 rings (SSSR count). The highest BCUT2D eigenvalue weighted by Gasteiger charge is 2.24. The topological polar surface area (TPSA) is 58.6 Å². The zero-order chi connectivity index (χ0) is 16.2. The normalized spacial score (nSPS) is 13.8. The maximum absolute atomic E-state index is 12.3. The molecule has 0 radical (unpaired) electrons. The van der Waals surface area contributed by atoms with Crippen molar-refractivity contribution in [2.24, 2.45) is 0 Å². The Morgan fingerprint density at radius 3 is 2.70 bits per heavy atom. The van der Waals surface area contributed by atoms with Crippen molar-refractivity contribution >= 4 is 34.8 Å². The molecular formula is C17H15ClN2O3. The van der Waals surface area contributed by atoms with E-state index in [1.54, 1.807) is 36.4 Å². The number of ether oxygens (including phenoxy) is 1. The first-order chi connectivity index (χ1) is 11.1. The second kappa shape index (κ2) is 6.71. The number of fused-ring (bicyclic) bond motifs is 1. The van der Waals surface area contributed by atoms with Crippen molar-refractivity contribution in [3.63, 3.8) is 0 Å². The third-order valence-electron chi connectivity index (χ3n) is 3.46. The number of anilines is 2. The molecule has 0 unspecified atom stereocenters. The molecule has 0 saturated heterocycles. The molecule has 2 aromatic rings. The Hall–Kier alpha value is -2.53. The van der Waals surface area contributed by atoms with Crippen LogP contribution in [0.2, 0.25) is 5.02 Å². The molecule has 0 fully saturated rings. The smallest absolute Gasteiger partial charge is 0.244 e. The zero-order valence-electron chi connectivity index (χ0n) is 12.3. The highest BCUT2D eigenvalue weighted by molar-refractivity contribution is 6.30. The highest BCUT2D eigenvalue weighted by atomic mass is 35.5. The van der Waals surface area contributed by atoms with Crippen LogP contribution in [0.1, 0.15) is 6.42 Å². The molecule has 1 aliphatic heterocycles. The van der Waals surface area contributed by atoms with E-state index in [0.29, 0.717) is 28.8 Å². The number of hydrogen-bond donors (Lipinski definition) is 1. The summed E-state index contributed by atoms with van der Waals surface area (Å²) in [7, 11) is 0. The fourth-order valence-electron chi connectivity index (χ4n) is 2.37. The molecule has 0 saturated carbocycles. The van der Waals surface area contributed by atoms with E-state index in [2.05, 4.69) is 5.32 Å². The van der Waals surface area contributed by atoms with E-state index in [1.807, 2.05) is 12.1 Å². The molecule has 0 atom stereocenters. The van der Waals surface area contributed by atoms with Crippen LogP contribution in [0, 0.1) is 0 Å². The molecule has 0 spiro atoms. The number of nitrogens with zero attached hydrogens (tertiary/aromatic N) is 1. The number of hydrogen-bond acceptors (Lipinski definition) is 3. The minimum absolute atomic E-state index is 0.0676. The SMILES string of the molecule is O=C(CN1C(=O)CCOc2ccccc21)Nc1ccc(Cl)cc1. The molecule has 0 aliphatic carbocycles. The van der Waals surface area contributed by atoms with Gasteiger partial charge in [0.15, 0.2) is 0 Å². The summed E-state index contributed by atoms with van der Waals surface area (Å²) < 4.78 is 5.55. The number of carbonyl (C=O) groups is 2. The van der Waals surface area contributed by atoms with Gasteiger partial charge >= 0.3 is 0 Å². The molecular weight excluding hydrogens is 316 g/mol. The molecule has 5 nitrogen and oxygen atoms in total. The van der Waals surface area contributed by atoms with Crippen LogP contribution in [0.25, 0.3) is 0 Å². The Morgan fingerprint density at radius 2 is 1.91 bits per heavy atom. The number of para-hydroxylation sites is 2. The summed E-state index contributed by atoms with van der Waals surface area (Å²) in [6, 6.07) is 14.0. The van der Waals surface area contributed by atoms with Crippen molar-refractivity contribution in [1.29, 1.82) is 0 Å². The Bertz CT molecular complexity index is 731. The molecule has 118 valence electrons. The Balaban J connectivity index is 1.76. The number of rotatable bonds is 3. The summed E-state index contributed by atoms with van der Waals surface area (Å²) in [6.07, 6.45) is 0.239. The number of halogens is 1. The molecule has 23 heavy (non-hydrogen) atoms. The zero-order valence-corrected chi connectivity index (χ0v) is 13.0. The van der Waals surface area contributed by atoms with Gasteiger partial charge in [0.05, 0.1) is 18.7 Å². The third-order valence-corrected chi connectivity index (χ3v) is 3.71. The number of amides is 2. The maximum atomic E-state index is 12.3. The largest absolute Gasteiger partial charge is 0.491 e. The lowest BCUT2D eigenvalue weighted by Gasteiger charge is -2.21. The molecule has 6 heteroatoms. The summed E-state index contributed by atoms with van der Waals surface area (Å²) in [4.78, 5) is 26.0. The average Bonchev–Trinajstić information content (AvgIpc) is 2.70. The van der Waals surface area contributed by atoms with Crippen LogP contribution in [0.5, 0.6) is 5.75 Å². The molecule has 2 aromatic carbocycles. The van der Waals surface area contributed by atoms with Gasteiger partial charge in [-0.1, -0.05) is 23.7 Å². The van der Waals surface area contributed by atoms with Gasteiger partial charge in [0.1, 0.15) is 12.3 Å². The first kappa shape index (κ1) is 15.4. The Labute approximate surface area is 138 Å². The second-order valence-electron chi connectivity index (χ2n) is 5.10. The molecule has 0 aromatic heterocycles. The fraction of sp³-hybridized carbons (Fsp3) is 0.176. The van der Waals surface area contributed by atoms with Crippen molar-refractivity contribution in [3.05, 3.63) is 53.6 Å². The minimum atomic E-state index is -0.280. The van der Waals surface area contributed by atoms with Crippen LogP contribution in [-0.2, 0) is 9.59 Å². The predicted molar refractivity (Wildman–Crippen MR) is 89.0 cm³/mol. The van der Waals surface area contributed by atoms with E-state index in [0.717, 1.165) is 0 Å². The summed E-state index contributed by atoms with van der Waals surface area (Å²) in [5.41, 5.74) is 1.24. The van der Waals surface area contributed by atoms with Crippen molar-refractivity contribution in [2.45, 2.75) is 6.42 Å². The summed E-state index contributed by atoms with van der Waals surface area (Å²) in [5.74, 6) is 0.191. The lowest BCUT2D eigenvalue weighted by molar-refractivity contribution is -0.121. The average molecular weight is 331 g/mol. The van der Waals surface area contributed by atoms with Gasteiger partial charge in [-0.15, -0.1) is 0 Å². The molecule has 1 heterocycles. The van der Waals surface area contributed by atoms with Gasteiger partial charge < -0.3 is 10.1 Å². The van der Waals surface area contributed by atoms with Crippen molar-refractivity contribution in [2.75, 3.05) is 23.4 Å². The first-order valence-corrected chi connectivity index (χ1v) is 7.59. The Kier molecular flexibility index (Phi) is 4.48. The van der Waals surface area contributed by atoms with Crippen molar-refractivity contribution < 1.29 is 14.3 Å². The standard InChI is InChI=1S/C17H15ClN2O3/c18-12-5-7-13(8-6-12)19-16(21)11-20-14-3-1-2-4-15(14)23-10-9-17(20)22/h1-8H,9-11H2,(H,19,21). The van der Waals surface area contributed by atoms with E-state index in [-0.39, 0.29) is 24.8 Å². The van der Waals surface area contributed by atoms with Crippen molar-refractivity contribution in [3.8, 4) is 5.75 Å². The molecule has 2 amide bonds. The van der Waals surface area contributed by atoms with E-state index < -0.39 is 0 Å². The van der Waals surface area contributed by atoms with Gasteiger partial charge in [-0.3, -0.25) is 14.5 Å². The Morgan fingerprint density at radius 1 is 1.17 bits per heavy atom. The van der Waals surface area contributed by atoms with Crippen molar-refractivity contribution in [1.82, 2.24) is 0 Å². The predicted octanol–water partition coefficient (Wildman–Crippen LogP) is 3.09. The lowest BCUT2D eigenvalue weighted by atomic mass is 10.2. The second-order valence-corrected chi connectivity index (χ2v) is 5.54. The third kappa shape index (κ3) is 3.63. The van der Waals surface area contributed by atoms with Crippen LogP contribution in [0.4, 0.5) is 11.4 Å². The van der Waals surface area contributed by atoms with Crippen LogP contribution in [-0.4, -0.2) is 25.0 Å². The van der Waals surface area contributed by atoms with Crippen LogP contribution >= 0.6 is 11.6 Å². The molecule has 0 bridgehead atoms. The van der Waals surface area contributed by atoms with Crippen LogP contribution in [0.3, 0.4) is 0 Å². The van der Waals surface area contributed by atoms with Gasteiger partial charge in [-0.05, 0) is 36.4 Å². The van der Waals surface area contributed by atoms with E-state index >= 15 is 0 Å². The number of benzene rings is 2. The summed E-state index contributed by atoms with van der Waals surface area (Å²) >= 11 is 5.82. The van der Waals surface area contributed by atoms with Crippen LogP contribution in [0.15, 0.2) is 48.5 Å². The van der Waals surface area contributed by atoms with Crippen LogP contribution < -0.4 is 15.0 Å². The number of nitrogens with one attached hydrogen (secondary N) is 1. The van der Waals surface area contributed by atoms with Gasteiger partial charge in [0, 0.05) is 10.7 Å². The summed E-state index contributed by atoms with van der Waals surface area (Å²) in [5, 5.41) is 3.35. The van der Waals surface area contributed by atoms with Gasteiger partial charge in [-0.25, -0.2) is 0 Å². The maximum Gasteiger partial charge on any atom is 0.244 e. The van der Waals surface area contributed by atoms with E-state index in [1.165, 1.54) is 4.90 Å². The highest BCUT2D eigenvalue weighted by Crippen LogP contribution is 2.30. The minimum Gasteiger partial charge on any atom is -0.491 e. The monoisotopic (exact) mass is 330 g/mol. The quantitative estimate of drug-likeness (QED) is 0.940. The first-order valence-electron chi connectivity index (χ1n) is 7.21.